The summed E-state index contributed by atoms with van der Waals surface area (Å²) in [6.45, 7) is 5.04. The Hall–Kier alpha value is -0.420. The monoisotopic (exact) mass is 200 g/mol. The molecule has 12 heavy (non-hydrogen) atoms. The second kappa shape index (κ2) is 6.14. The van der Waals surface area contributed by atoms with Gasteiger partial charge in [-0.15, -0.1) is 0 Å². The first-order valence-electron chi connectivity index (χ1n) is 3.08. The van der Waals surface area contributed by atoms with Crippen molar-refractivity contribution < 1.29 is 28.8 Å². The summed E-state index contributed by atoms with van der Waals surface area (Å²) in [6.07, 6.45) is 0.0255. The molecule has 0 heterocycles. The van der Waals surface area contributed by atoms with E-state index in [1.54, 1.807) is 0 Å². The maximum absolute atomic E-state index is 10.0. The van der Waals surface area contributed by atoms with Crippen LogP contribution in [0.2, 0.25) is 0 Å². The molecule has 0 amide bonds. The summed E-state index contributed by atoms with van der Waals surface area (Å²) in [5, 5.41) is 0. The van der Waals surface area contributed by atoms with Crippen LogP contribution >= 0.6 is 7.82 Å². The van der Waals surface area contributed by atoms with Crippen molar-refractivity contribution in [1.29, 1.82) is 0 Å². The van der Waals surface area contributed by atoms with Gasteiger partial charge in [-0.2, -0.15) is 0 Å². The fourth-order valence-corrected chi connectivity index (χ4v) is 0.332. The van der Waals surface area contributed by atoms with E-state index in [0.29, 0.717) is 0 Å². The zero-order valence-corrected chi connectivity index (χ0v) is 7.99. The summed E-state index contributed by atoms with van der Waals surface area (Å²) in [7, 11) is -4.64. The molecule has 0 aliphatic carbocycles. The van der Waals surface area contributed by atoms with Crippen molar-refractivity contribution in [3.63, 3.8) is 0 Å². The number of carbonyl (C=O) groups excluding carboxylic acids is 1. The molecule has 0 atom stereocenters. The van der Waals surface area contributed by atoms with Crippen LogP contribution in [-0.4, -0.2) is 26.8 Å². The Bertz CT molecular complexity index is 163. The first-order valence-corrected chi connectivity index (χ1v) is 4.65. The second-order valence-electron chi connectivity index (χ2n) is 2.17. The van der Waals surface area contributed by atoms with Gasteiger partial charge in [0, 0.05) is 6.92 Å². The van der Waals surface area contributed by atoms with Gasteiger partial charge in [0.2, 0.25) is 0 Å². The van der Waals surface area contributed by atoms with Gasteiger partial charge in [-0.25, -0.2) is 4.57 Å². The highest BCUT2D eigenvalue weighted by molar-refractivity contribution is 7.45. The molecule has 3 N–H and O–H groups in total. The number of rotatable bonds is 1. The first-order chi connectivity index (χ1) is 5.13. The lowest BCUT2D eigenvalue weighted by Crippen LogP contribution is -2.06. The Labute approximate surface area is 70.4 Å². The highest BCUT2D eigenvalue weighted by atomic mass is 31.2. The SMILES string of the molecule is CC(=O)OC(C)C.O=P(O)(O)O. The molecule has 0 spiro atoms. The summed E-state index contributed by atoms with van der Waals surface area (Å²) < 4.78 is 13.5. The Morgan fingerprint density at radius 1 is 1.33 bits per heavy atom. The molecule has 0 unspecified atom stereocenters. The fourth-order valence-electron chi connectivity index (χ4n) is 0.332. The molecular formula is C5H13O6P. The van der Waals surface area contributed by atoms with Gasteiger partial charge in [0.05, 0.1) is 6.10 Å². The standard InChI is InChI=1S/C5H10O2.H3O4P/c1-4(2)7-5(3)6;1-5(2,3)4/h4H,1-3H3;(H3,1,2,3,4). The average molecular weight is 200 g/mol. The molecule has 0 rings (SSSR count). The predicted molar refractivity (Wildman–Crippen MR) is 41.2 cm³/mol. The van der Waals surface area contributed by atoms with Gasteiger partial charge < -0.3 is 19.4 Å². The molecule has 0 fully saturated rings. The van der Waals surface area contributed by atoms with Crippen LogP contribution < -0.4 is 0 Å². The van der Waals surface area contributed by atoms with E-state index < -0.39 is 7.82 Å². The minimum Gasteiger partial charge on any atom is -0.463 e. The summed E-state index contributed by atoms with van der Waals surface area (Å²) >= 11 is 0. The molecular weight excluding hydrogens is 187 g/mol. The Morgan fingerprint density at radius 2 is 1.58 bits per heavy atom. The quantitative estimate of drug-likeness (QED) is 0.407. The number of hydrogen-bond acceptors (Lipinski definition) is 3. The predicted octanol–water partition coefficient (Wildman–Crippen LogP) is 0.0293. The van der Waals surface area contributed by atoms with Crippen LogP contribution in [0.25, 0.3) is 0 Å². The number of esters is 1. The lowest BCUT2D eigenvalue weighted by Gasteiger charge is -2.01. The summed E-state index contributed by atoms with van der Waals surface area (Å²) in [4.78, 5) is 31.6. The van der Waals surface area contributed by atoms with E-state index in [1.165, 1.54) is 6.92 Å². The minimum atomic E-state index is -4.64. The summed E-state index contributed by atoms with van der Waals surface area (Å²) in [5.74, 6) is -0.213. The molecule has 0 aliphatic rings. The van der Waals surface area contributed by atoms with E-state index >= 15 is 0 Å². The first kappa shape index (κ1) is 14.1. The van der Waals surface area contributed by atoms with E-state index in [9.17, 15) is 4.79 Å². The van der Waals surface area contributed by atoms with Crippen molar-refractivity contribution in [2.75, 3.05) is 0 Å². The van der Waals surface area contributed by atoms with Crippen molar-refractivity contribution >= 4 is 13.8 Å². The van der Waals surface area contributed by atoms with Crippen molar-refractivity contribution in [3.05, 3.63) is 0 Å². The molecule has 6 nitrogen and oxygen atoms in total. The third kappa shape index (κ3) is 55.0. The van der Waals surface area contributed by atoms with Crippen molar-refractivity contribution in [3.8, 4) is 0 Å². The van der Waals surface area contributed by atoms with Crippen LogP contribution in [0.1, 0.15) is 20.8 Å². The van der Waals surface area contributed by atoms with Gasteiger partial charge in [0.25, 0.3) is 0 Å². The van der Waals surface area contributed by atoms with Gasteiger partial charge in [0.15, 0.2) is 0 Å². The Morgan fingerprint density at radius 3 is 1.58 bits per heavy atom. The molecule has 0 aromatic heterocycles. The minimum absolute atomic E-state index is 0.0255. The van der Waals surface area contributed by atoms with Crippen LogP contribution in [-0.2, 0) is 14.1 Å². The summed E-state index contributed by atoms with van der Waals surface area (Å²) in [6, 6.07) is 0. The van der Waals surface area contributed by atoms with Gasteiger partial charge in [-0.1, -0.05) is 0 Å². The van der Waals surface area contributed by atoms with E-state index in [1.807, 2.05) is 13.8 Å². The van der Waals surface area contributed by atoms with Crippen molar-refractivity contribution in [1.82, 2.24) is 0 Å². The summed E-state index contributed by atoms with van der Waals surface area (Å²) in [5.41, 5.74) is 0. The smallest absolute Gasteiger partial charge is 0.463 e. The molecule has 0 radical (unpaired) electrons. The third-order valence-corrected chi connectivity index (χ3v) is 0.402. The van der Waals surface area contributed by atoms with Gasteiger partial charge in [0.1, 0.15) is 0 Å². The Kier molecular flexibility index (Phi) is 7.22. The van der Waals surface area contributed by atoms with E-state index in [-0.39, 0.29) is 12.1 Å². The molecule has 0 aromatic carbocycles. The molecule has 0 bridgehead atoms. The molecule has 74 valence electrons. The highest BCUT2D eigenvalue weighted by Crippen LogP contribution is 2.25. The lowest BCUT2D eigenvalue weighted by molar-refractivity contribution is -0.144. The fraction of sp³-hybridized carbons (Fsp3) is 0.800. The van der Waals surface area contributed by atoms with Gasteiger partial charge >= 0.3 is 13.8 Å². The van der Waals surface area contributed by atoms with Crippen LogP contribution in [0.4, 0.5) is 0 Å². The number of phosphoric acid groups is 1. The molecule has 0 saturated heterocycles. The largest absolute Gasteiger partial charge is 0.466 e. The third-order valence-electron chi connectivity index (χ3n) is 0.402. The van der Waals surface area contributed by atoms with Gasteiger partial charge in [-0.3, -0.25) is 4.79 Å². The molecule has 0 aliphatic heterocycles. The maximum Gasteiger partial charge on any atom is 0.466 e. The van der Waals surface area contributed by atoms with E-state index in [2.05, 4.69) is 4.74 Å². The maximum atomic E-state index is 10.0. The van der Waals surface area contributed by atoms with Crippen LogP contribution in [0.3, 0.4) is 0 Å². The zero-order valence-electron chi connectivity index (χ0n) is 7.09. The normalized spacial score (nSPS) is 10.2. The highest BCUT2D eigenvalue weighted by Gasteiger charge is 2.00. The number of carbonyl (C=O) groups is 1. The average Bonchev–Trinajstić information content (AvgIpc) is 1.52. The van der Waals surface area contributed by atoms with Crippen LogP contribution in [0.15, 0.2) is 0 Å². The molecule has 0 aromatic rings. The lowest BCUT2D eigenvalue weighted by atomic mass is 10.5. The second-order valence-corrected chi connectivity index (χ2v) is 3.20. The molecule has 7 heteroatoms. The zero-order chi connectivity index (χ0) is 10.4. The van der Waals surface area contributed by atoms with E-state index in [4.69, 9.17) is 19.2 Å². The van der Waals surface area contributed by atoms with Crippen LogP contribution in [0.5, 0.6) is 0 Å². The van der Waals surface area contributed by atoms with Gasteiger partial charge in [-0.05, 0) is 13.8 Å². The topological polar surface area (TPSA) is 104 Å². The Balaban J connectivity index is 0. The van der Waals surface area contributed by atoms with E-state index in [0.717, 1.165) is 0 Å². The number of ether oxygens (including phenoxy) is 1. The number of hydrogen-bond donors (Lipinski definition) is 3. The van der Waals surface area contributed by atoms with Crippen LogP contribution in [0, 0.1) is 0 Å². The van der Waals surface area contributed by atoms with Crippen molar-refractivity contribution in [2.45, 2.75) is 26.9 Å². The van der Waals surface area contributed by atoms with Crippen molar-refractivity contribution in [2.24, 2.45) is 0 Å². The molecule has 0 saturated carbocycles.